The van der Waals surface area contributed by atoms with Gasteiger partial charge in [-0.2, -0.15) is 0 Å². The Balaban J connectivity index is 2.08. The molecule has 2 rings (SSSR count). The van der Waals surface area contributed by atoms with Crippen LogP contribution >= 0.6 is 11.8 Å². The molecule has 0 unspecified atom stereocenters. The third-order valence-corrected chi connectivity index (χ3v) is 3.37. The molecule has 0 atom stereocenters. The van der Waals surface area contributed by atoms with Gasteiger partial charge in [-0.1, -0.05) is 11.8 Å². The molecule has 6 nitrogen and oxygen atoms in total. The monoisotopic (exact) mass is 264 g/mol. The second-order valence-electron chi connectivity index (χ2n) is 3.67. The van der Waals surface area contributed by atoms with Crippen LogP contribution in [0.4, 0.5) is 0 Å². The number of carboxylic acids is 1. The first-order valence-corrected chi connectivity index (χ1v) is 6.27. The number of thioether (sulfide) groups is 1. The van der Waals surface area contributed by atoms with Crippen LogP contribution in [0.2, 0.25) is 0 Å². The number of pyridine rings is 1. The van der Waals surface area contributed by atoms with E-state index in [0.29, 0.717) is 11.6 Å². The highest BCUT2D eigenvalue weighted by Crippen LogP contribution is 2.16. The van der Waals surface area contributed by atoms with E-state index < -0.39 is 5.97 Å². The number of carboxylic acid groups (broad SMARTS) is 1. The molecule has 1 N–H and O–H groups in total. The molecule has 0 saturated heterocycles. The van der Waals surface area contributed by atoms with Gasteiger partial charge in [0, 0.05) is 25.9 Å². The third kappa shape index (κ3) is 3.07. The van der Waals surface area contributed by atoms with Gasteiger partial charge in [-0.15, -0.1) is 10.2 Å². The number of aromatic nitrogens is 4. The SMILES string of the molecule is Cn1c(Cc2ccncc2)nnc1SCC(=O)O. The minimum atomic E-state index is -0.862. The van der Waals surface area contributed by atoms with Gasteiger partial charge in [-0.25, -0.2) is 0 Å². The van der Waals surface area contributed by atoms with Crippen molar-refractivity contribution in [1.29, 1.82) is 0 Å². The van der Waals surface area contributed by atoms with Gasteiger partial charge in [0.15, 0.2) is 5.16 Å². The van der Waals surface area contributed by atoms with Crippen LogP contribution in [0.15, 0.2) is 29.7 Å². The van der Waals surface area contributed by atoms with E-state index in [9.17, 15) is 4.79 Å². The van der Waals surface area contributed by atoms with Gasteiger partial charge in [-0.05, 0) is 17.7 Å². The van der Waals surface area contributed by atoms with Crippen molar-refractivity contribution in [3.05, 3.63) is 35.9 Å². The average Bonchev–Trinajstić information content (AvgIpc) is 2.70. The van der Waals surface area contributed by atoms with E-state index in [1.54, 1.807) is 12.4 Å². The first-order chi connectivity index (χ1) is 8.66. The van der Waals surface area contributed by atoms with Crippen LogP contribution in [0.25, 0.3) is 0 Å². The average molecular weight is 264 g/mol. The largest absolute Gasteiger partial charge is 0.481 e. The van der Waals surface area contributed by atoms with E-state index in [1.807, 2.05) is 23.7 Å². The zero-order valence-corrected chi connectivity index (χ0v) is 10.6. The van der Waals surface area contributed by atoms with Crippen molar-refractivity contribution in [3.63, 3.8) is 0 Å². The summed E-state index contributed by atoms with van der Waals surface area (Å²) in [7, 11) is 1.83. The Kier molecular flexibility index (Phi) is 3.93. The molecule has 2 aromatic heterocycles. The maximum atomic E-state index is 10.5. The van der Waals surface area contributed by atoms with E-state index >= 15 is 0 Å². The fourth-order valence-electron chi connectivity index (χ4n) is 1.43. The maximum absolute atomic E-state index is 10.5. The van der Waals surface area contributed by atoms with Crippen molar-refractivity contribution in [2.75, 3.05) is 5.75 Å². The van der Waals surface area contributed by atoms with Crippen LogP contribution in [-0.2, 0) is 18.3 Å². The van der Waals surface area contributed by atoms with Crippen molar-refractivity contribution in [2.24, 2.45) is 7.05 Å². The summed E-state index contributed by atoms with van der Waals surface area (Å²) in [5.41, 5.74) is 1.09. The van der Waals surface area contributed by atoms with E-state index in [4.69, 9.17) is 5.11 Å². The molecule has 0 bridgehead atoms. The summed E-state index contributed by atoms with van der Waals surface area (Å²) in [5.74, 6) is -0.0749. The molecule has 0 aliphatic rings. The Morgan fingerprint density at radius 1 is 1.39 bits per heavy atom. The Hall–Kier alpha value is -1.89. The van der Waals surface area contributed by atoms with Gasteiger partial charge < -0.3 is 9.67 Å². The summed E-state index contributed by atoms with van der Waals surface area (Å²) in [6.07, 6.45) is 4.11. The fourth-order valence-corrected chi connectivity index (χ4v) is 2.08. The molecule has 0 fully saturated rings. The summed E-state index contributed by atoms with van der Waals surface area (Å²) in [5, 5.41) is 17.3. The summed E-state index contributed by atoms with van der Waals surface area (Å²) >= 11 is 1.16. The molecule has 0 aliphatic heterocycles. The molecule has 0 spiro atoms. The normalized spacial score (nSPS) is 10.5. The minimum Gasteiger partial charge on any atom is -0.481 e. The number of carbonyl (C=O) groups is 1. The van der Waals surface area contributed by atoms with Gasteiger partial charge in [0.2, 0.25) is 0 Å². The van der Waals surface area contributed by atoms with Crippen LogP contribution in [-0.4, -0.2) is 36.6 Å². The first-order valence-electron chi connectivity index (χ1n) is 5.28. The molecule has 7 heteroatoms. The van der Waals surface area contributed by atoms with Crippen molar-refractivity contribution < 1.29 is 9.90 Å². The molecular formula is C11H12N4O2S. The smallest absolute Gasteiger partial charge is 0.313 e. The summed E-state index contributed by atoms with van der Waals surface area (Å²) < 4.78 is 1.81. The second-order valence-corrected chi connectivity index (χ2v) is 4.61. The van der Waals surface area contributed by atoms with Crippen LogP contribution in [0.3, 0.4) is 0 Å². The van der Waals surface area contributed by atoms with Gasteiger partial charge >= 0.3 is 5.97 Å². The van der Waals surface area contributed by atoms with E-state index in [2.05, 4.69) is 15.2 Å². The Bertz CT molecular complexity index is 541. The van der Waals surface area contributed by atoms with Gasteiger partial charge in [0.25, 0.3) is 0 Å². The highest BCUT2D eigenvalue weighted by Gasteiger charge is 2.11. The quantitative estimate of drug-likeness (QED) is 0.811. The topological polar surface area (TPSA) is 80.9 Å². The van der Waals surface area contributed by atoms with Crippen molar-refractivity contribution in [2.45, 2.75) is 11.6 Å². The van der Waals surface area contributed by atoms with Gasteiger partial charge in [0.05, 0.1) is 5.75 Å². The van der Waals surface area contributed by atoms with Crippen molar-refractivity contribution in [1.82, 2.24) is 19.7 Å². The number of hydrogen-bond donors (Lipinski definition) is 1. The van der Waals surface area contributed by atoms with Crippen molar-refractivity contribution in [3.8, 4) is 0 Å². The molecule has 0 amide bonds. The number of hydrogen-bond acceptors (Lipinski definition) is 5. The lowest BCUT2D eigenvalue weighted by molar-refractivity contribution is -0.133. The molecule has 18 heavy (non-hydrogen) atoms. The zero-order valence-electron chi connectivity index (χ0n) is 9.78. The number of aliphatic carboxylic acids is 1. The highest BCUT2D eigenvalue weighted by atomic mass is 32.2. The van der Waals surface area contributed by atoms with Crippen LogP contribution < -0.4 is 0 Å². The minimum absolute atomic E-state index is 0.0127. The molecule has 94 valence electrons. The van der Waals surface area contributed by atoms with E-state index in [0.717, 1.165) is 23.1 Å². The predicted molar refractivity (Wildman–Crippen MR) is 66.4 cm³/mol. The lowest BCUT2D eigenvalue weighted by Crippen LogP contribution is -2.03. The van der Waals surface area contributed by atoms with Gasteiger partial charge in [-0.3, -0.25) is 9.78 Å². The predicted octanol–water partition coefficient (Wildman–Crippen LogP) is 0.978. The summed E-state index contributed by atoms with van der Waals surface area (Å²) in [6, 6.07) is 3.83. The summed E-state index contributed by atoms with van der Waals surface area (Å²) in [4.78, 5) is 14.4. The highest BCUT2D eigenvalue weighted by molar-refractivity contribution is 7.99. The van der Waals surface area contributed by atoms with E-state index in [1.165, 1.54) is 0 Å². The van der Waals surface area contributed by atoms with E-state index in [-0.39, 0.29) is 5.75 Å². The maximum Gasteiger partial charge on any atom is 0.313 e. The molecule has 0 radical (unpaired) electrons. The van der Waals surface area contributed by atoms with Crippen LogP contribution in [0.5, 0.6) is 0 Å². The lowest BCUT2D eigenvalue weighted by atomic mass is 10.2. The van der Waals surface area contributed by atoms with Gasteiger partial charge in [0.1, 0.15) is 5.82 Å². The zero-order chi connectivity index (χ0) is 13.0. The Labute approximate surface area is 108 Å². The molecule has 0 saturated carbocycles. The number of nitrogens with zero attached hydrogens (tertiary/aromatic N) is 4. The standard InChI is InChI=1S/C11H12N4O2S/c1-15-9(6-8-2-4-12-5-3-8)13-14-11(15)18-7-10(16)17/h2-5H,6-7H2,1H3,(H,16,17). The molecular weight excluding hydrogens is 252 g/mol. The fraction of sp³-hybridized carbons (Fsp3) is 0.273. The Morgan fingerprint density at radius 2 is 2.11 bits per heavy atom. The number of rotatable bonds is 5. The van der Waals surface area contributed by atoms with Crippen LogP contribution in [0, 0.1) is 0 Å². The Morgan fingerprint density at radius 3 is 2.78 bits per heavy atom. The molecule has 2 aromatic rings. The molecule has 0 aromatic carbocycles. The molecule has 0 aliphatic carbocycles. The third-order valence-electron chi connectivity index (χ3n) is 2.36. The van der Waals surface area contributed by atoms with Crippen molar-refractivity contribution >= 4 is 17.7 Å². The first kappa shape index (κ1) is 12.6. The van der Waals surface area contributed by atoms with Crippen LogP contribution in [0.1, 0.15) is 11.4 Å². The summed E-state index contributed by atoms with van der Waals surface area (Å²) in [6.45, 7) is 0. The molecule has 2 heterocycles. The second kappa shape index (κ2) is 5.63. The lowest BCUT2D eigenvalue weighted by Gasteiger charge is -2.02.